The fourth-order valence-electron chi connectivity index (χ4n) is 5.24. The van der Waals surface area contributed by atoms with Crippen molar-refractivity contribution in [1.82, 2.24) is 4.90 Å². The molecule has 1 aliphatic carbocycles. The second kappa shape index (κ2) is 13.1. The number of nitrogens with zero attached hydrogens (tertiary/aromatic N) is 1. The predicted octanol–water partition coefficient (Wildman–Crippen LogP) is 9.15. The van der Waals surface area contributed by atoms with Crippen LogP contribution in [0.2, 0.25) is 10.0 Å². The Balaban J connectivity index is 1.48. The van der Waals surface area contributed by atoms with Gasteiger partial charge in [-0.05, 0) is 54.5 Å². The Morgan fingerprint density at radius 2 is 1.44 bits per heavy atom. The Labute approximate surface area is 227 Å². The van der Waals surface area contributed by atoms with Crippen molar-refractivity contribution in [2.45, 2.75) is 96.9 Å². The highest BCUT2D eigenvalue weighted by Gasteiger charge is 2.32. The molecule has 36 heavy (non-hydrogen) atoms. The Kier molecular flexibility index (Phi) is 10.5. The van der Waals surface area contributed by atoms with Crippen molar-refractivity contribution in [3.05, 3.63) is 69.2 Å². The van der Waals surface area contributed by atoms with Crippen LogP contribution in [-0.4, -0.2) is 23.6 Å². The largest absolute Gasteiger partial charge is 0.339 e. The van der Waals surface area contributed by atoms with Crippen LogP contribution >= 0.6 is 23.2 Å². The third kappa shape index (κ3) is 7.59. The van der Waals surface area contributed by atoms with Crippen LogP contribution in [0, 0.1) is 5.41 Å². The lowest BCUT2D eigenvalue weighted by Crippen LogP contribution is -2.34. The Hall–Kier alpha value is -1.84. The van der Waals surface area contributed by atoms with Crippen molar-refractivity contribution in [3.63, 3.8) is 0 Å². The highest BCUT2D eigenvalue weighted by molar-refractivity contribution is 6.42. The van der Waals surface area contributed by atoms with Gasteiger partial charge in [0, 0.05) is 31.2 Å². The summed E-state index contributed by atoms with van der Waals surface area (Å²) in [6.45, 7) is 5.97. The summed E-state index contributed by atoms with van der Waals surface area (Å²) in [6.07, 6.45) is 9.47. The van der Waals surface area contributed by atoms with Crippen LogP contribution < -0.4 is 0 Å². The fraction of sp³-hybridized carbons (Fsp3) is 0.548. The molecule has 0 aliphatic heterocycles. The molecular formula is C31H41Cl2NO2. The molecule has 196 valence electrons. The number of benzene rings is 2. The number of hydrogen-bond acceptors (Lipinski definition) is 2. The van der Waals surface area contributed by atoms with Gasteiger partial charge in [-0.15, -0.1) is 0 Å². The molecule has 1 amide bonds. The number of Topliss-reactive ketones (excluding diaryl/α,β-unsaturated/α-hetero) is 1. The van der Waals surface area contributed by atoms with Crippen LogP contribution in [0.3, 0.4) is 0 Å². The third-order valence-electron chi connectivity index (χ3n) is 7.55. The Bertz CT molecular complexity index is 1040. The SMILES string of the molecule is CN(C(=O)CCCCCCCCC(=O)C(C)(C)C)[C@H]1CC[C@@H](c2ccc(Cl)c(Cl)c2)c2ccccc21. The second-order valence-corrected chi connectivity index (χ2v) is 12.1. The van der Waals surface area contributed by atoms with E-state index in [9.17, 15) is 9.59 Å². The number of ketones is 1. The molecule has 0 heterocycles. The lowest BCUT2D eigenvalue weighted by atomic mass is 9.76. The molecule has 2 aromatic carbocycles. The zero-order valence-electron chi connectivity index (χ0n) is 22.3. The summed E-state index contributed by atoms with van der Waals surface area (Å²) >= 11 is 12.4. The smallest absolute Gasteiger partial charge is 0.222 e. The van der Waals surface area contributed by atoms with Gasteiger partial charge < -0.3 is 4.90 Å². The molecule has 0 N–H and O–H groups in total. The number of amides is 1. The molecule has 3 rings (SSSR count). The maximum atomic E-state index is 13.0. The average molecular weight is 531 g/mol. The minimum Gasteiger partial charge on any atom is -0.339 e. The third-order valence-corrected chi connectivity index (χ3v) is 8.29. The average Bonchev–Trinajstić information content (AvgIpc) is 2.85. The van der Waals surface area contributed by atoms with Crippen LogP contribution in [-0.2, 0) is 9.59 Å². The van der Waals surface area contributed by atoms with Crippen molar-refractivity contribution in [2.24, 2.45) is 5.41 Å². The van der Waals surface area contributed by atoms with Crippen molar-refractivity contribution >= 4 is 34.9 Å². The number of fused-ring (bicyclic) bond motifs is 1. The topological polar surface area (TPSA) is 37.4 Å². The van der Waals surface area contributed by atoms with Crippen LogP contribution in [0.15, 0.2) is 42.5 Å². The van der Waals surface area contributed by atoms with E-state index in [1.807, 2.05) is 44.9 Å². The first kappa shape index (κ1) is 28.7. The lowest BCUT2D eigenvalue weighted by Gasteiger charge is -2.37. The van der Waals surface area contributed by atoms with Crippen LogP contribution in [0.25, 0.3) is 0 Å². The second-order valence-electron chi connectivity index (χ2n) is 11.2. The molecule has 0 unspecified atom stereocenters. The van der Waals surface area contributed by atoms with Gasteiger partial charge in [-0.1, -0.05) is 100.0 Å². The van der Waals surface area contributed by atoms with Crippen molar-refractivity contribution in [1.29, 1.82) is 0 Å². The van der Waals surface area contributed by atoms with E-state index in [1.165, 1.54) is 16.7 Å². The first-order valence-electron chi connectivity index (χ1n) is 13.4. The first-order valence-corrected chi connectivity index (χ1v) is 14.2. The number of unbranched alkanes of at least 4 members (excludes halogenated alkanes) is 5. The van der Waals surface area contributed by atoms with Crippen LogP contribution in [0.1, 0.15) is 114 Å². The first-order chi connectivity index (χ1) is 17.1. The monoisotopic (exact) mass is 529 g/mol. The predicted molar refractivity (Wildman–Crippen MR) is 151 cm³/mol. The van der Waals surface area contributed by atoms with E-state index >= 15 is 0 Å². The lowest BCUT2D eigenvalue weighted by molar-refractivity contribution is -0.132. The fourth-order valence-corrected chi connectivity index (χ4v) is 5.55. The van der Waals surface area contributed by atoms with E-state index in [0.717, 1.165) is 51.4 Å². The molecular weight excluding hydrogens is 489 g/mol. The molecule has 1 aliphatic rings. The van der Waals surface area contributed by atoms with Gasteiger partial charge in [0.25, 0.3) is 0 Å². The van der Waals surface area contributed by atoms with Gasteiger partial charge in [0.1, 0.15) is 5.78 Å². The zero-order chi connectivity index (χ0) is 26.3. The summed E-state index contributed by atoms with van der Waals surface area (Å²) < 4.78 is 0. The van der Waals surface area contributed by atoms with Crippen molar-refractivity contribution in [3.8, 4) is 0 Å². The number of hydrogen-bond donors (Lipinski definition) is 0. The van der Waals surface area contributed by atoms with E-state index < -0.39 is 0 Å². The zero-order valence-corrected chi connectivity index (χ0v) is 23.8. The van der Waals surface area contributed by atoms with Gasteiger partial charge in [0.15, 0.2) is 0 Å². The Morgan fingerprint density at radius 3 is 2.08 bits per heavy atom. The van der Waals surface area contributed by atoms with Gasteiger partial charge in [0.2, 0.25) is 5.91 Å². The normalized spacial score (nSPS) is 17.5. The summed E-state index contributed by atoms with van der Waals surface area (Å²) in [4.78, 5) is 27.0. The van der Waals surface area contributed by atoms with E-state index in [0.29, 0.717) is 28.7 Å². The van der Waals surface area contributed by atoms with Gasteiger partial charge in [-0.2, -0.15) is 0 Å². The van der Waals surface area contributed by atoms with Gasteiger partial charge in [0.05, 0.1) is 16.1 Å². The van der Waals surface area contributed by atoms with Crippen LogP contribution in [0.5, 0.6) is 0 Å². The molecule has 0 saturated carbocycles. The molecule has 0 radical (unpaired) electrons. The maximum absolute atomic E-state index is 13.0. The van der Waals surface area contributed by atoms with Crippen molar-refractivity contribution < 1.29 is 9.59 Å². The highest BCUT2D eigenvalue weighted by atomic mass is 35.5. The molecule has 0 spiro atoms. The van der Waals surface area contributed by atoms with E-state index in [4.69, 9.17) is 23.2 Å². The molecule has 5 heteroatoms. The highest BCUT2D eigenvalue weighted by Crippen LogP contribution is 2.44. The van der Waals surface area contributed by atoms with Crippen LogP contribution in [0.4, 0.5) is 0 Å². The number of halogens is 2. The van der Waals surface area contributed by atoms with Gasteiger partial charge in [-0.25, -0.2) is 0 Å². The van der Waals surface area contributed by atoms with Gasteiger partial charge in [-0.3, -0.25) is 9.59 Å². The Morgan fingerprint density at radius 1 is 0.833 bits per heavy atom. The summed E-state index contributed by atoms with van der Waals surface area (Å²) in [5.74, 6) is 0.830. The molecule has 0 bridgehead atoms. The van der Waals surface area contributed by atoms with E-state index in [1.54, 1.807) is 0 Å². The molecule has 0 fully saturated rings. The number of carbonyl (C=O) groups is 2. The molecule has 3 nitrogen and oxygen atoms in total. The standard InChI is InChI=1S/C31H41Cl2NO2/c1-31(2,3)29(35)15-9-7-5-6-8-10-16-30(36)34(4)28-20-18-23(24-13-11-12-14-25(24)28)22-17-19-26(32)27(33)21-22/h11-14,17,19,21,23,28H,5-10,15-16,18,20H2,1-4H3/t23-,28-/m0/s1. The van der Waals surface area contributed by atoms with E-state index in [2.05, 4.69) is 30.3 Å². The van der Waals surface area contributed by atoms with E-state index in [-0.39, 0.29) is 23.3 Å². The summed E-state index contributed by atoms with van der Waals surface area (Å²) in [7, 11) is 1.95. The molecule has 2 atom stereocenters. The molecule has 0 aromatic heterocycles. The molecule has 2 aromatic rings. The number of carbonyl (C=O) groups excluding carboxylic acids is 2. The molecule has 0 saturated heterocycles. The minimum atomic E-state index is -0.226. The summed E-state index contributed by atoms with van der Waals surface area (Å²) in [6, 6.07) is 14.5. The van der Waals surface area contributed by atoms with Crippen molar-refractivity contribution in [2.75, 3.05) is 7.05 Å². The summed E-state index contributed by atoms with van der Waals surface area (Å²) in [5, 5.41) is 1.16. The summed E-state index contributed by atoms with van der Waals surface area (Å²) in [5.41, 5.74) is 3.46. The minimum absolute atomic E-state index is 0.105. The number of rotatable bonds is 11. The van der Waals surface area contributed by atoms with Gasteiger partial charge >= 0.3 is 0 Å². The quantitative estimate of drug-likeness (QED) is 0.272. The maximum Gasteiger partial charge on any atom is 0.222 e.